The van der Waals surface area contributed by atoms with E-state index in [1.54, 1.807) is 11.3 Å². The molecule has 0 aliphatic heterocycles. The van der Waals surface area contributed by atoms with Crippen LogP contribution >= 0.6 is 11.3 Å². The molecule has 0 aliphatic rings. The van der Waals surface area contributed by atoms with Gasteiger partial charge in [0.05, 0.1) is 6.10 Å². The first-order chi connectivity index (χ1) is 5.99. The van der Waals surface area contributed by atoms with Gasteiger partial charge < -0.3 is 5.11 Å². The Bertz CT molecular complexity index is 275. The van der Waals surface area contributed by atoms with Crippen molar-refractivity contribution in [3.63, 3.8) is 0 Å². The predicted octanol–water partition coefficient (Wildman–Crippen LogP) is 3.53. The number of hydrogen-bond donors (Lipinski definition) is 1. The molecular formula is C11H18OS. The molecule has 1 unspecified atom stereocenters. The first-order valence-corrected chi connectivity index (χ1v) is 5.59. The lowest BCUT2D eigenvalue weighted by Gasteiger charge is -2.29. The Morgan fingerprint density at radius 3 is 2.54 bits per heavy atom. The van der Waals surface area contributed by atoms with Gasteiger partial charge in [-0.3, -0.25) is 0 Å². The molecule has 0 bridgehead atoms. The molecule has 1 N–H and O–H groups in total. The van der Waals surface area contributed by atoms with Gasteiger partial charge in [0, 0.05) is 4.88 Å². The van der Waals surface area contributed by atoms with Crippen LogP contribution in [-0.4, -0.2) is 5.11 Å². The van der Waals surface area contributed by atoms with Crippen LogP contribution in [0.5, 0.6) is 0 Å². The summed E-state index contributed by atoms with van der Waals surface area (Å²) in [5.41, 5.74) is 1.19. The summed E-state index contributed by atoms with van der Waals surface area (Å²) < 4.78 is 0. The van der Waals surface area contributed by atoms with Crippen LogP contribution in [-0.2, 0) is 0 Å². The number of aryl methyl sites for hydroxylation is 1. The Labute approximate surface area is 84.4 Å². The van der Waals surface area contributed by atoms with Crippen molar-refractivity contribution in [2.45, 2.75) is 40.2 Å². The van der Waals surface area contributed by atoms with Gasteiger partial charge in [-0.15, -0.1) is 11.3 Å². The average Bonchev–Trinajstić information content (AvgIpc) is 2.50. The zero-order valence-electron chi connectivity index (χ0n) is 8.79. The topological polar surface area (TPSA) is 20.2 Å². The second kappa shape index (κ2) is 3.81. The van der Waals surface area contributed by atoms with Gasteiger partial charge in [-0.1, -0.05) is 20.8 Å². The molecule has 1 heterocycles. The van der Waals surface area contributed by atoms with Crippen molar-refractivity contribution >= 4 is 11.3 Å². The highest BCUT2D eigenvalue weighted by atomic mass is 32.1. The number of aliphatic hydroxyl groups excluding tert-OH is 1. The van der Waals surface area contributed by atoms with Gasteiger partial charge in [-0.25, -0.2) is 0 Å². The van der Waals surface area contributed by atoms with Crippen LogP contribution in [0.4, 0.5) is 0 Å². The van der Waals surface area contributed by atoms with E-state index in [0.29, 0.717) is 0 Å². The normalized spacial score (nSPS) is 14.5. The van der Waals surface area contributed by atoms with Crippen molar-refractivity contribution in [1.29, 1.82) is 0 Å². The Hall–Kier alpha value is -0.340. The first kappa shape index (κ1) is 10.7. The molecule has 13 heavy (non-hydrogen) atoms. The predicted molar refractivity (Wildman–Crippen MR) is 58.1 cm³/mol. The van der Waals surface area contributed by atoms with Crippen LogP contribution < -0.4 is 0 Å². The minimum absolute atomic E-state index is 0.0182. The van der Waals surface area contributed by atoms with Crippen LogP contribution in [0.3, 0.4) is 0 Å². The van der Waals surface area contributed by atoms with Crippen LogP contribution in [0.1, 0.15) is 43.7 Å². The van der Waals surface area contributed by atoms with E-state index < -0.39 is 0 Å². The quantitative estimate of drug-likeness (QED) is 0.787. The van der Waals surface area contributed by atoms with Crippen LogP contribution in [0.2, 0.25) is 0 Å². The summed E-state index contributed by atoms with van der Waals surface area (Å²) in [5, 5.41) is 12.2. The maximum atomic E-state index is 10.1. The third-order valence-electron chi connectivity index (χ3n) is 2.80. The first-order valence-electron chi connectivity index (χ1n) is 4.71. The Morgan fingerprint density at radius 1 is 1.54 bits per heavy atom. The second-order valence-electron chi connectivity index (χ2n) is 4.21. The molecule has 1 rings (SSSR count). The summed E-state index contributed by atoms with van der Waals surface area (Å²) >= 11 is 1.65. The van der Waals surface area contributed by atoms with Gasteiger partial charge in [0.25, 0.3) is 0 Å². The number of rotatable bonds is 3. The Morgan fingerprint density at radius 2 is 2.15 bits per heavy atom. The molecule has 0 fully saturated rings. The fraction of sp³-hybridized carbons (Fsp3) is 0.636. The minimum Gasteiger partial charge on any atom is -0.387 e. The Kier molecular flexibility index (Phi) is 3.14. The lowest BCUT2D eigenvalue weighted by molar-refractivity contribution is 0.0491. The smallest absolute Gasteiger partial charge is 0.0935 e. The number of hydrogen-bond acceptors (Lipinski definition) is 2. The third kappa shape index (κ3) is 2.12. The summed E-state index contributed by atoms with van der Waals surface area (Å²) in [6.45, 7) is 8.39. The fourth-order valence-electron chi connectivity index (χ4n) is 1.21. The fourth-order valence-corrected chi connectivity index (χ4v) is 2.33. The lowest BCUT2D eigenvalue weighted by Crippen LogP contribution is -2.20. The van der Waals surface area contributed by atoms with E-state index in [1.807, 2.05) is 5.38 Å². The van der Waals surface area contributed by atoms with Crippen molar-refractivity contribution in [2.24, 2.45) is 5.41 Å². The standard InChI is InChI=1S/C11H18OS/c1-5-11(3,4)10(12)9-8(2)6-7-13-9/h6-7,10,12H,5H2,1-4H3. The van der Waals surface area contributed by atoms with Gasteiger partial charge in [0.1, 0.15) is 0 Å². The molecule has 0 aliphatic carbocycles. The van der Waals surface area contributed by atoms with Gasteiger partial charge in [-0.05, 0) is 35.8 Å². The zero-order chi connectivity index (χ0) is 10.1. The maximum absolute atomic E-state index is 10.1. The largest absolute Gasteiger partial charge is 0.387 e. The van der Waals surface area contributed by atoms with Crippen molar-refractivity contribution in [2.75, 3.05) is 0 Å². The summed E-state index contributed by atoms with van der Waals surface area (Å²) in [7, 11) is 0. The monoisotopic (exact) mass is 198 g/mol. The summed E-state index contributed by atoms with van der Waals surface area (Å²) in [6, 6.07) is 2.06. The third-order valence-corrected chi connectivity index (χ3v) is 3.87. The summed E-state index contributed by atoms with van der Waals surface area (Å²) in [5.74, 6) is 0. The molecule has 1 aromatic rings. The highest BCUT2D eigenvalue weighted by molar-refractivity contribution is 7.10. The molecule has 74 valence electrons. The van der Waals surface area contributed by atoms with Crippen molar-refractivity contribution < 1.29 is 5.11 Å². The molecular weight excluding hydrogens is 180 g/mol. The van der Waals surface area contributed by atoms with Gasteiger partial charge in [-0.2, -0.15) is 0 Å². The average molecular weight is 198 g/mol. The van der Waals surface area contributed by atoms with Gasteiger partial charge in [0.15, 0.2) is 0 Å². The van der Waals surface area contributed by atoms with Crippen molar-refractivity contribution in [1.82, 2.24) is 0 Å². The molecule has 0 aromatic carbocycles. The highest BCUT2D eigenvalue weighted by Crippen LogP contribution is 2.39. The maximum Gasteiger partial charge on any atom is 0.0935 e. The molecule has 0 saturated heterocycles. The SMILES string of the molecule is CCC(C)(C)C(O)c1sccc1C. The van der Waals surface area contributed by atoms with E-state index in [0.717, 1.165) is 11.3 Å². The number of thiophene rings is 1. The zero-order valence-corrected chi connectivity index (χ0v) is 9.61. The second-order valence-corrected chi connectivity index (χ2v) is 5.16. The van der Waals surface area contributed by atoms with Crippen LogP contribution in [0, 0.1) is 12.3 Å². The molecule has 0 radical (unpaired) electrons. The lowest BCUT2D eigenvalue weighted by atomic mass is 9.82. The summed E-state index contributed by atoms with van der Waals surface area (Å²) in [6.07, 6.45) is 0.670. The van der Waals surface area contributed by atoms with E-state index in [-0.39, 0.29) is 11.5 Å². The van der Waals surface area contributed by atoms with E-state index in [2.05, 4.69) is 33.8 Å². The van der Waals surface area contributed by atoms with E-state index in [4.69, 9.17) is 0 Å². The van der Waals surface area contributed by atoms with E-state index in [1.165, 1.54) is 5.56 Å². The molecule has 1 nitrogen and oxygen atoms in total. The minimum atomic E-state index is -0.322. The van der Waals surface area contributed by atoms with Crippen LogP contribution in [0.25, 0.3) is 0 Å². The number of aliphatic hydroxyl groups is 1. The van der Waals surface area contributed by atoms with Crippen molar-refractivity contribution in [3.8, 4) is 0 Å². The molecule has 0 saturated carbocycles. The van der Waals surface area contributed by atoms with Crippen molar-refractivity contribution in [3.05, 3.63) is 21.9 Å². The summed E-state index contributed by atoms with van der Waals surface area (Å²) in [4.78, 5) is 1.12. The Balaban J connectivity index is 2.91. The van der Waals surface area contributed by atoms with Gasteiger partial charge in [0.2, 0.25) is 0 Å². The molecule has 0 amide bonds. The molecule has 1 aromatic heterocycles. The molecule has 1 atom stereocenters. The molecule has 2 heteroatoms. The van der Waals surface area contributed by atoms with Crippen LogP contribution in [0.15, 0.2) is 11.4 Å². The van der Waals surface area contributed by atoms with E-state index in [9.17, 15) is 5.11 Å². The van der Waals surface area contributed by atoms with E-state index >= 15 is 0 Å². The molecule has 0 spiro atoms. The van der Waals surface area contributed by atoms with Gasteiger partial charge >= 0.3 is 0 Å². The highest BCUT2D eigenvalue weighted by Gasteiger charge is 2.28.